The van der Waals surface area contributed by atoms with Crippen molar-refractivity contribution in [2.75, 3.05) is 12.0 Å². The first-order valence-corrected chi connectivity index (χ1v) is 12.5. The Hall–Kier alpha value is -1.10. The molecule has 0 unspecified atom stereocenters. The highest BCUT2D eigenvalue weighted by Gasteiger charge is 2.62. The molecule has 0 heterocycles. The predicted octanol–water partition coefficient (Wildman–Crippen LogP) is 4.61. The van der Waals surface area contributed by atoms with Crippen LogP contribution >= 0.6 is 11.8 Å². The van der Waals surface area contributed by atoms with Crippen LogP contribution in [0.3, 0.4) is 0 Å². The molecular formula is C24H34O4S. The number of ketones is 2. The first kappa shape index (κ1) is 21.1. The third-order valence-corrected chi connectivity index (χ3v) is 9.52. The predicted molar refractivity (Wildman–Crippen MR) is 115 cm³/mol. The van der Waals surface area contributed by atoms with Crippen LogP contribution in [0.15, 0.2) is 11.6 Å². The van der Waals surface area contributed by atoms with Gasteiger partial charge in [0.05, 0.1) is 5.75 Å². The van der Waals surface area contributed by atoms with E-state index in [-0.39, 0.29) is 34.6 Å². The lowest BCUT2D eigenvalue weighted by molar-refractivity contribution is -0.166. The standard InChI is InChI=1S/C24H34O4S/c1-14(25)17-5-6-18-22-19(8-10-24(17,18)3)23(2)9-7-16(26)11-15(23)12-20(22)28-21(27)13-29-4/h11,17-20,22H,5-10,12-13H2,1-4H3/t17-,18+,19+,20-,22+,23+,24-/m1/s1. The van der Waals surface area contributed by atoms with Crippen molar-refractivity contribution >= 4 is 29.3 Å². The number of carbonyl (C=O) groups is 3. The third-order valence-electron chi connectivity index (χ3n) is 9.00. The van der Waals surface area contributed by atoms with E-state index in [4.69, 9.17) is 4.74 Å². The minimum Gasteiger partial charge on any atom is -0.461 e. The lowest BCUT2D eigenvalue weighted by atomic mass is 9.46. The maximum atomic E-state index is 12.5. The fraction of sp³-hybridized carbons (Fsp3) is 0.792. The Morgan fingerprint density at radius 1 is 1.17 bits per heavy atom. The molecule has 7 atom stereocenters. The lowest BCUT2D eigenvalue weighted by Crippen LogP contribution is -2.56. The number of hydrogen-bond donors (Lipinski definition) is 0. The molecule has 0 aromatic rings. The Bertz CT molecular complexity index is 758. The number of hydrogen-bond acceptors (Lipinski definition) is 5. The van der Waals surface area contributed by atoms with Crippen molar-refractivity contribution in [3.63, 3.8) is 0 Å². The van der Waals surface area contributed by atoms with Crippen LogP contribution < -0.4 is 0 Å². The summed E-state index contributed by atoms with van der Waals surface area (Å²) in [5.74, 6) is 2.00. The van der Waals surface area contributed by atoms with Gasteiger partial charge in [-0.1, -0.05) is 19.4 Å². The Labute approximate surface area is 178 Å². The highest BCUT2D eigenvalue weighted by molar-refractivity contribution is 7.99. The summed E-state index contributed by atoms with van der Waals surface area (Å²) in [6.45, 7) is 6.39. The highest BCUT2D eigenvalue weighted by Crippen LogP contribution is 2.67. The minimum absolute atomic E-state index is 0.0131. The van der Waals surface area contributed by atoms with Gasteiger partial charge in [-0.05, 0) is 74.0 Å². The summed E-state index contributed by atoms with van der Waals surface area (Å²) in [6.07, 6.45) is 9.94. The number of thioether (sulfide) groups is 1. The number of rotatable bonds is 4. The first-order chi connectivity index (χ1) is 13.7. The van der Waals surface area contributed by atoms with Gasteiger partial charge >= 0.3 is 5.97 Å². The van der Waals surface area contributed by atoms with Gasteiger partial charge in [-0.15, -0.1) is 0 Å². The summed E-state index contributed by atoms with van der Waals surface area (Å²) in [7, 11) is 0. The first-order valence-electron chi connectivity index (χ1n) is 11.1. The third kappa shape index (κ3) is 3.32. The molecule has 4 aliphatic rings. The summed E-state index contributed by atoms with van der Waals surface area (Å²) in [5, 5.41) is 0. The van der Waals surface area contributed by atoms with Gasteiger partial charge < -0.3 is 4.74 Å². The molecule has 4 rings (SSSR count). The van der Waals surface area contributed by atoms with Gasteiger partial charge in [-0.25, -0.2) is 0 Å². The van der Waals surface area contributed by atoms with Crippen molar-refractivity contribution in [3.05, 3.63) is 11.6 Å². The van der Waals surface area contributed by atoms with Gasteiger partial charge in [0.2, 0.25) is 0 Å². The Balaban J connectivity index is 1.72. The fourth-order valence-electron chi connectivity index (χ4n) is 7.61. The van der Waals surface area contributed by atoms with Crippen molar-refractivity contribution < 1.29 is 19.1 Å². The largest absolute Gasteiger partial charge is 0.461 e. The molecule has 0 spiro atoms. The molecule has 0 aromatic carbocycles. The van der Waals surface area contributed by atoms with E-state index in [1.54, 1.807) is 6.92 Å². The second kappa shape index (κ2) is 7.55. The normalized spacial score (nSPS) is 43.7. The number of Topliss-reactive ketones (excluding diaryl/α,β-unsaturated/α-hetero) is 1. The molecule has 29 heavy (non-hydrogen) atoms. The molecule has 0 N–H and O–H groups in total. The van der Waals surface area contributed by atoms with E-state index in [1.807, 2.05) is 12.3 Å². The fourth-order valence-corrected chi connectivity index (χ4v) is 7.91. The van der Waals surface area contributed by atoms with E-state index >= 15 is 0 Å². The minimum atomic E-state index is -0.166. The molecule has 5 heteroatoms. The maximum absolute atomic E-state index is 12.5. The maximum Gasteiger partial charge on any atom is 0.316 e. The van der Waals surface area contributed by atoms with Gasteiger partial charge in [-0.2, -0.15) is 11.8 Å². The SMILES string of the molecule is CSCC(=O)O[C@@H]1CC2=CC(=O)CC[C@]2(C)[C@H]2CC[C@]3(C)[C@@H](C(C)=O)CC[C@H]3[C@H]12. The lowest BCUT2D eigenvalue weighted by Gasteiger charge is -2.59. The smallest absolute Gasteiger partial charge is 0.316 e. The highest BCUT2D eigenvalue weighted by atomic mass is 32.2. The van der Waals surface area contributed by atoms with Crippen LogP contribution in [0, 0.1) is 34.5 Å². The van der Waals surface area contributed by atoms with Gasteiger partial charge in [-0.3, -0.25) is 14.4 Å². The number of fused-ring (bicyclic) bond motifs is 5. The Kier molecular flexibility index (Phi) is 5.50. The average molecular weight is 419 g/mol. The van der Waals surface area contributed by atoms with Crippen molar-refractivity contribution in [1.29, 1.82) is 0 Å². The van der Waals surface area contributed by atoms with E-state index in [9.17, 15) is 14.4 Å². The van der Waals surface area contributed by atoms with Gasteiger partial charge in [0.1, 0.15) is 11.9 Å². The molecule has 160 valence electrons. The molecule has 0 bridgehead atoms. The zero-order chi connectivity index (χ0) is 21.0. The summed E-state index contributed by atoms with van der Waals surface area (Å²) < 4.78 is 6.08. The molecule has 3 fully saturated rings. The average Bonchev–Trinajstić information content (AvgIpc) is 3.00. The number of esters is 1. The second-order valence-corrected chi connectivity index (χ2v) is 11.2. The van der Waals surface area contributed by atoms with Crippen LogP contribution in [0.5, 0.6) is 0 Å². The van der Waals surface area contributed by atoms with Gasteiger partial charge in [0, 0.05) is 24.7 Å². The van der Waals surface area contributed by atoms with Crippen LogP contribution in [0.25, 0.3) is 0 Å². The monoisotopic (exact) mass is 418 g/mol. The number of ether oxygens (including phenoxy) is 1. The molecule has 0 aliphatic heterocycles. The van der Waals surface area contributed by atoms with E-state index in [2.05, 4.69) is 13.8 Å². The molecule has 0 amide bonds. The molecule has 0 aromatic heterocycles. The summed E-state index contributed by atoms with van der Waals surface area (Å²) in [4.78, 5) is 37.0. The van der Waals surface area contributed by atoms with Gasteiger partial charge in [0.15, 0.2) is 5.78 Å². The van der Waals surface area contributed by atoms with Crippen LogP contribution in [-0.4, -0.2) is 35.6 Å². The molecule has 4 nitrogen and oxygen atoms in total. The van der Waals surface area contributed by atoms with Crippen molar-refractivity contribution in [2.45, 2.75) is 71.8 Å². The molecule has 4 aliphatic carbocycles. The quantitative estimate of drug-likeness (QED) is 0.624. The second-order valence-electron chi connectivity index (χ2n) is 10.3. The van der Waals surface area contributed by atoms with Crippen LogP contribution in [-0.2, 0) is 19.1 Å². The van der Waals surface area contributed by atoms with Crippen molar-refractivity contribution in [1.82, 2.24) is 0 Å². The zero-order valence-electron chi connectivity index (χ0n) is 18.2. The summed E-state index contributed by atoms with van der Waals surface area (Å²) in [5.41, 5.74) is 1.23. The van der Waals surface area contributed by atoms with E-state index < -0.39 is 0 Å². The van der Waals surface area contributed by atoms with E-state index in [0.717, 1.165) is 32.1 Å². The van der Waals surface area contributed by atoms with E-state index in [1.165, 1.54) is 17.3 Å². The Morgan fingerprint density at radius 2 is 1.93 bits per heavy atom. The molecule has 0 radical (unpaired) electrons. The molecular weight excluding hydrogens is 384 g/mol. The molecule has 3 saturated carbocycles. The topological polar surface area (TPSA) is 60.4 Å². The number of carbonyl (C=O) groups excluding carboxylic acids is 3. The zero-order valence-corrected chi connectivity index (χ0v) is 19.0. The van der Waals surface area contributed by atoms with E-state index in [0.29, 0.717) is 42.1 Å². The van der Waals surface area contributed by atoms with Crippen LogP contribution in [0.4, 0.5) is 0 Å². The van der Waals surface area contributed by atoms with Gasteiger partial charge in [0.25, 0.3) is 0 Å². The van der Waals surface area contributed by atoms with Crippen LogP contribution in [0.1, 0.15) is 65.7 Å². The van der Waals surface area contributed by atoms with Crippen molar-refractivity contribution in [2.24, 2.45) is 34.5 Å². The molecule has 0 saturated heterocycles. The van der Waals surface area contributed by atoms with Crippen LogP contribution in [0.2, 0.25) is 0 Å². The summed E-state index contributed by atoms with van der Waals surface area (Å²) >= 11 is 1.49. The van der Waals surface area contributed by atoms with Crippen molar-refractivity contribution in [3.8, 4) is 0 Å². The Morgan fingerprint density at radius 3 is 2.62 bits per heavy atom. The summed E-state index contributed by atoms with van der Waals surface area (Å²) in [6, 6.07) is 0.